The molecule has 0 unspecified atom stereocenters. The van der Waals surface area contributed by atoms with Gasteiger partial charge >= 0.3 is 6.18 Å². The average Bonchev–Trinajstić information content (AvgIpc) is 2.14. The Hall–Kier alpha value is -1.03. The summed E-state index contributed by atoms with van der Waals surface area (Å²) >= 11 is 0. The molecule has 14 heavy (non-hydrogen) atoms. The third-order valence-electron chi connectivity index (χ3n) is 1.89. The van der Waals surface area contributed by atoms with Crippen molar-refractivity contribution in [2.24, 2.45) is 0 Å². The minimum atomic E-state index is -4.20. The van der Waals surface area contributed by atoms with E-state index in [0.29, 0.717) is 5.56 Å². The molecule has 4 heteroatoms. The SMILES string of the molecule is O[C@H](CCC(F)(F)F)c1ccccc1. The molecule has 1 aromatic carbocycles. The Balaban J connectivity index is 2.48. The summed E-state index contributed by atoms with van der Waals surface area (Å²) < 4.78 is 35.5. The van der Waals surface area contributed by atoms with E-state index in [2.05, 4.69) is 0 Å². The maximum atomic E-state index is 11.8. The zero-order chi connectivity index (χ0) is 10.6. The molecule has 0 radical (unpaired) electrons. The maximum Gasteiger partial charge on any atom is 0.389 e. The van der Waals surface area contributed by atoms with E-state index < -0.39 is 18.7 Å². The quantitative estimate of drug-likeness (QED) is 0.802. The van der Waals surface area contributed by atoms with Crippen molar-refractivity contribution in [3.05, 3.63) is 35.9 Å². The average molecular weight is 204 g/mol. The number of halogens is 3. The molecule has 0 aliphatic carbocycles. The highest BCUT2D eigenvalue weighted by molar-refractivity contribution is 5.17. The number of alkyl halides is 3. The summed E-state index contributed by atoms with van der Waals surface area (Å²) in [6, 6.07) is 8.35. The lowest BCUT2D eigenvalue weighted by molar-refractivity contribution is -0.140. The molecule has 0 amide bonds. The van der Waals surface area contributed by atoms with E-state index in [1.807, 2.05) is 0 Å². The van der Waals surface area contributed by atoms with E-state index in [1.54, 1.807) is 30.3 Å². The molecule has 0 saturated carbocycles. The molecule has 0 spiro atoms. The first-order chi connectivity index (χ1) is 6.49. The van der Waals surface area contributed by atoms with Gasteiger partial charge < -0.3 is 5.11 Å². The smallest absolute Gasteiger partial charge is 0.388 e. The summed E-state index contributed by atoms with van der Waals surface area (Å²) in [5.74, 6) is 0. The zero-order valence-electron chi connectivity index (χ0n) is 7.46. The molecule has 0 heterocycles. The number of aliphatic hydroxyl groups excluding tert-OH is 1. The van der Waals surface area contributed by atoms with Gasteiger partial charge in [-0.1, -0.05) is 30.3 Å². The monoisotopic (exact) mass is 204 g/mol. The largest absolute Gasteiger partial charge is 0.389 e. The van der Waals surface area contributed by atoms with E-state index in [0.717, 1.165) is 0 Å². The normalized spacial score (nSPS) is 14.0. The van der Waals surface area contributed by atoms with Gasteiger partial charge in [-0.2, -0.15) is 13.2 Å². The summed E-state index contributed by atoms with van der Waals surface area (Å²) in [5.41, 5.74) is 0.525. The minimum Gasteiger partial charge on any atom is -0.388 e. The molecule has 78 valence electrons. The van der Waals surface area contributed by atoms with Crippen LogP contribution in [-0.4, -0.2) is 11.3 Å². The summed E-state index contributed by atoms with van der Waals surface area (Å²) in [7, 11) is 0. The lowest BCUT2D eigenvalue weighted by Gasteiger charge is -2.12. The predicted octanol–water partition coefficient (Wildman–Crippen LogP) is 3.06. The third kappa shape index (κ3) is 3.79. The van der Waals surface area contributed by atoms with Crippen molar-refractivity contribution < 1.29 is 18.3 Å². The Kier molecular flexibility index (Phi) is 3.52. The topological polar surface area (TPSA) is 20.2 Å². The van der Waals surface area contributed by atoms with Crippen LogP contribution in [0.3, 0.4) is 0 Å². The fourth-order valence-electron chi connectivity index (χ4n) is 1.14. The van der Waals surface area contributed by atoms with Gasteiger partial charge in [-0.25, -0.2) is 0 Å². The summed E-state index contributed by atoms with van der Waals surface area (Å²) in [6.07, 6.45) is -6.47. The van der Waals surface area contributed by atoms with E-state index in [-0.39, 0.29) is 6.42 Å². The minimum absolute atomic E-state index is 0.284. The second-order valence-corrected chi connectivity index (χ2v) is 3.08. The van der Waals surface area contributed by atoms with Gasteiger partial charge in [-0.15, -0.1) is 0 Å². The van der Waals surface area contributed by atoms with Crippen LogP contribution >= 0.6 is 0 Å². The van der Waals surface area contributed by atoms with Crippen LogP contribution in [0.15, 0.2) is 30.3 Å². The number of aliphatic hydroxyl groups is 1. The van der Waals surface area contributed by atoms with Crippen molar-refractivity contribution >= 4 is 0 Å². The van der Waals surface area contributed by atoms with Gasteiger partial charge in [0.05, 0.1) is 6.10 Å². The van der Waals surface area contributed by atoms with Crippen molar-refractivity contribution in [2.75, 3.05) is 0 Å². The summed E-state index contributed by atoms with van der Waals surface area (Å²) in [6.45, 7) is 0. The Morgan fingerprint density at radius 1 is 1.14 bits per heavy atom. The maximum absolute atomic E-state index is 11.8. The molecular formula is C10H11F3O. The van der Waals surface area contributed by atoms with E-state index in [1.165, 1.54) is 0 Å². The highest BCUT2D eigenvalue weighted by Gasteiger charge is 2.28. The second-order valence-electron chi connectivity index (χ2n) is 3.08. The first kappa shape index (κ1) is 11.0. The number of rotatable bonds is 3. The molecule has 0 fully saturated rings. The third-order valence-corrected chi connectivity index (χ3v) is 1.89. The molecule has 1 nitrogen and oxygen atoms in total. The predicted molar refractivity (Wildman–Crippen MR) is 46.7 cm³/mol. The Labute approximate surface area is 80.2 Å². The van der Waals surface area contributed by atoms with Crippen LogP contribution in [0.25, 0.3) is 0 Å². The van der Waals surface area contributed by atoms with Crippen molar-refractivity contribution in [1.29, 1.82) is 0 Å². The van der Waals surface area contributed by atoms with E-state index in [9.17, 15) is 18.3 Å². The molecule has 0 aliphatic rings. The van der Waals surface area contributed by atoms with Crippen molar-refractivity contribution in [2.45, 2.75) is 25.1 Å². The molecular weight excluding hydrogens is 193 g/mol. The zero-order valence-corrected chi connectivity index (χ0v) is 7.46. The standard InChI is InChI=1S/C10H11F3O/c11-10(12,13)7-6-9(14)8-4-2-1-3-5-8/h1-5,9,14H,6-7H2/t9-/m1/s1. The van der Waals surface area contributed by atoms with Crippen LogP contribution in [0.4, 0.5) is 13.2 Å². The van der Waals surface area contributed by atoms with Gasteiger partial charge in [0, 0.05) is 6.42 Å². The van der Waals surface area contributed by atoms with Crippen molar-refractivity contribution in [3.8, 4) is 0 Å². The van der Waals surface area contributed by atoms with Gasteiger partial charge in [0.15, 0.2) is 0 Å². The second kappa shape index (κ2) is 4.46. The van der Waals surface area contributed by atoms with Gasteiger partial charge in [-0.05, 0) is 12.0 Å². The molecule has 0 aromatic heterocycles. The van der Waals surface area contributed by atoms with Crippen LogP contribution < -0.4 is 0 Å². The van der Waals surface area contributed by atoms with Gasteiger partial charge in [0.2, 0.25) is 0 Å². The van der Waals surface area contributed by atoms with E-state index in [4.69, 9.17) is 0 Å². The van der Waals surface area contributed by atoms with Gasteiger partial charge in [0.1, 0.15) is 0 Å². The van der Waals surface area contributed by atoms with E-state index >= 15 is 0 Å². The van der Waals surface area contributed by atoms with Gasteiger partial charge in [0.25, 0.3) is 0 Å². The van der Waals surface area contributed by atoms with Crippen LogP contribution in [-0.2, 0) is 0 Å². The molecule has 0 aliphatic heterocycles. The first-order valence-electron chi connectivity index (χ1n) is 4.29. The highest BCUT2D eigenvalue weighted by atomic mass is 19.4. The fraction of sp³-hybridized carbons (Fsp3) is 0.400. The lowest BCUT2D eigenvalue weighted by atomic mass is 10.1. The Morgan fingerprint density at radius 2 is 1.71 bits per heavy atom. The Bertz CT molecular complexity index is 268. The van der Waals surface area contributed by atoms with Crippen molar-refractivity contribution in [1.82, 2.24) is 0 Å². The lowest BCUT2D eigenvalue weighted by Crippen LogP contribution is -2.09. The van der Waals surface area contributed by atoms with Gasteiger partial charge in [-0.3, -0.25) is 0 Å². The number of hydrogen-bond donors (Lipinski definition) is 1. The van der Waals surface area contributed by atoms with Crippen molar-refractivity contribution in [3.63, 3.8) is 0 Å². The molecule has 0 bridgehead atoms. The van der Waals surface area contributed by atoms with Crippen LogP contribution in [0.2, 0.25) is 0 Å². The van der Waals surface area contributed by atoms with Crippen LogP contribution in [0.1, 0.15) is 24.5 Å². The number of benzene rings is 1. The highest BCUT2D eigenvalue weighted by Crippen LogP contribution is 2.27. The fourth-order valence-corrected chi connectivity index (χ4v) is 1.14. The molecule has 1 atom stereocenters. The van der Waals surface area contributed by atoms with Crippen LogP contribution in [0.5, 0.6) is 0 Å². The summed E-state index contributed by atoms with van der Waals surface area (Å²) in [4.78, 5) is 0. The van der Waals surface area contributed by atoms with Crippen LogP contribution in [0, 0.1) is 0 Å². The first-order valence-corrected chi connectivity index (χ1v) is 4.29. The molecule has 0 saturated heterocycles. The number of hydrogen-bond acceptors (Lipinski definition) is 1. The molecule has 1 aromatic rings. The molecule has 1 N–H and O–H groups in total. The summed E-state index contributed by atoms with van der Waals surface area (Å²) in [5, 5.41) is 9.38. The Morgan fingerprint density at radius 3 is 2.21 bits per heavy atom. The molecule has 1 rings (SSSR count).